The fourth-order valence-corrected chi connectivity index (χ4v) is 2.66. The molecule has 78 valence electrons. The van der Waals surface area contributed by atoms with Gasteiger partial charge in [0.1, 0.15) is 0 Å². The fraction of sp³-hybridized carbons (Fsp3) is 0.333. The second-order valence-corrected chi connectivity index (χ2v) is 6.57. The van der Waals surface area contributed by atoms with E-state index in [2.05, 4.69) is 15.9 Å². The first kappa shape index (κ1) is 11.9. The number of aliphatic hydroxyl groups is 1. The van der Waals surface area contributed by atoms with Crippen LogP contribution in [0.5, 0.6) is 0 Å². The molecule has 0 aliphatic heterocycles. The van der Waals surface area contributed by atoms with Gasteiger partial charge in [-0.25, -0.2) is 0 Å². The summed E-state index contributed by atoms with van der Waals surface area (Å²) in [6, 6.07) is 5.28. The van der Waals surface area contributed by atoms with Gasteiger partial charge in [0.05, 0.1) is 12.8 Å². The predicted octanol–water partition coefficient (Wildman–Crippen LogP) is 2.34. The van der Waals surface area contributed by atoms with E-state index in [0.717, 1.165) is 15.6 Å². The summed E-state index contributed by atoms with van der Waals surface area (Å²) < 4.78 is 12.0. The largest absolute Gasteiger partial charge is 0.392 e. The van der Waals surface area contributed by atoms with Crippen LogP contribution in [0.2, 0.25) is 0 Å². The van der Waals surface area contributed by atoms with Crippen LogP contribution < -0.4 is 0 Å². The van der Waals surface area contributed by atoms with Gasteiger partial charge in [-0.1, -0.05) is 28.1 Å². The van der Waals surface area contributed by atoms with Crippen molar-refractivity contribution in [3.8, 4) is 0 Å². The molecule has 0 amide bonds. The molecule has 0 aliphatic carbocycles. The Morgan fingerprint density at radius 1 is 1.50 bits per heavy atom. The summed E-state index contributed by atoms with van der Waals surface area (Å²) in [6.07, 6.45) is 0.126. The lowest BCUT2D eigenvalue weighted by molar-refractivity contribution is 0.281. The van der Waals surface area contributed by atoms with Crippen LogP contribution in [-0.4, -0.2) is 16.7 Å². The standard InChI is InChI=1S/C9H12BrO3P/c1-14(12,13)6-8-4-7(5-11)2-3-9(8)10/h2-4,11H,5-6H2,1H3,(H,12,13). The Hall–Kier alpha value is -0.150. The molecule has 5 heteroatoms. The summed E-state index contributed by atoms with van der Waals surface area (Å²) in [6.45, 7) is 1.27. The van der Waals surface area contributed by atoms with Gasteiger partial charge in [-0.05, 0) is 17.2 Å². The number of benzene rings is 1. The molecule has 0 saturated heterocycles. The van der Waals surface area contributed by atoms with E-state index in [0.29, 0.717) is 0 Å². The highest BCUT2D eigenvalue weighted by atomic mass is 79.9. The lowest BCUT2D eigenvalue weighted by atomic mass is 10.1. The third-order valence-electron chi connectivity index (χ3n) is 1.76. The van der Waals surface area contributed by atoms with Gasteiger partial charge in [-0.15, -0.1) is 0 Å². The van der Waals surface area contributed by atoms with E-state index in [1.807, 2.05) is 0 Å². The van der Waals surface area contributed by atoms with Gasteiger partial charge in [0, 0.05) is 11.1 Å². The van der Waals surface area contributed by atoms with E-state index >= 15 is 0 Å². The highest BCUT2D eigenvalue weighted by molar-refractivity contribution is 9.10. The second kappa shape index (κ2) is 4.58. The smallest absolute Gasteiger partial charge is 0.201 e. The summed E-state index contributed by atoms with van der Waals surface area (Å²) in [5.41, 5.74) is 1.50. The van der Waals surface area contributed by atoms with Crippen LogP contribution in [0, 0.1) is 0 Å². The Kier molecular flexibility index (Phi) is 3.90. The molecular weight excluding hydrogens is 267 g/mol. The average molecular weight is 279 g/mol. The zero-order valence-corrected chi connectivity index (χ0v) is 10.3. The Bertz CT molecular complexity index is 372. The van der Waals surface area contributed by atoms with E-state index in [1.54, 1.807) is 18.2 Å². The normalized spacial score (nSPS) is 15.1. The molecule has 1 rings (SSSR count). The van der Waals surface area contributed by atoms with Crippen LogP contribution in [0.15, 0.2) is 22.7 Å². The summed E-state index contributed by atoms with van der Waals surface area (Å²) in [5.74, 6) is 0. The molecule has 1 aromatic rings. The van der Waals surface area contributed by atoms with Gasteiger partial charge in [0.15, 0.2) is 0 Å². The van der Waals surface area contributed by atoms with E-state index < -0.39 is 7.37 Å². The van der Waals surface area contributed by atoms with Gasteiger partial charge >= 0.3 is 0 Å². The molecule has 0 saturated carbocycles. The van der Waals surface area contributed by atoms with Crippen LogP contribution >= 0.6 is 23.3 Å². The van der Waals surface area contributed by atoms with Crippen molar-refractivity contribution < 1.29 is 14.6 Å². The van der Waals surface area contributed by atoms with Crippen molar-refractivity contribution in [2.24, 2.45) is 0 Å². The third kappa shape index (κ3) is 3.54. The van der Waals surface area contributed by atoms with Crippen LogP contribution in [0.4, 0.5) is 0 Å². The Morgan fingerprint density at radius 3 is 2.64 bits per heavy atom. The van der Waals surface area contributed by atoms with Crippen LogP contribution in [0.3, 0.4) is 0 Å². The van der Waals surface area contributed by atoms with Gasteiger partial charge in [0.2, 0.25) is 7.37 Å². The molecule has 14 heavy (non-hydrogen) atoms. The molecule has 1 unspecified atom stereocenters. The number of hydrogen-bond donors (Lipinski definition) is 2. The summed E-state index contributed by atoms with van der Waals surface area (Å²) in [7, 11) is -3.06. The molecule has 0 fully saturated rings. The maximum Gasteiger partial charge on any atom is 0.201 e. The first-order chi connectivity index (χ1) is 6.42. The Balaban J connectivity index is 3.01. The zero-order valence-electron chi connectivity index (χ0n) is 7.77. The second-order valence-electron chi connectivity index (χ2n) is 3.29. The molecule has 3 nitrogen and oxygen atoms in total. The molecule has 1 atom stereocenters. The minimum Gasteiger partial charge on any atom is -0.392 e. The van der Waals surface area contributed by atoms with Crippen molar-refractivity contribution in [3.05, 3.63) is 33.8 Å². The quantitative estimate of drug-likeness (QED) is 0.835. The van der Waals surface area contributed by atoms with Gasteiger partial charge in [-0.3, -0.25) is 4.57 Å². The molecule has 0 heterocycles. The van der Waals surface area contributed by atoms with Crippen molar-refractivity contribution in [1.82, 2.24) is 0 Å². The molecule has 2 N–H and O–H groups in total. The van der Waals surface area contributed by atoms with E-state index in [9.17, 15) is 9.46 Å². The van der Waals surface area contributed by atoms with E-state index in [4.69, 9.17) is 5.11 Å². The highest BCUT2D eigenvalue weighted by Gasteiger charge is 2.13. The number of halogens is 1. The third-order valence-corrected chi connectivity index (χ3v) is 3.46. The monoisotopic (exact) mass is 278 g/mol. The van der Waals surface area contributed by atoms with Gasteiger partial charge in [-0.2, -0.15) is 0 Å². The minimum atomic E-state index is -3.06. The number of rotatable bonds is 3. The maximum atomic E-state index is 11.2. The van der Waals surface area contributed by atoms with Crippen molar-refractivity contribution in [2.75, 3.05) is 6.66 Å². The first-order valence-corrected chi connectivity index (χ1v) is 7.18. The van der Waals surface area contributed by atoms with E-state index in [-0.39, 0.29) is 12.8 Å². The molecule has 0 spiro atoms. The topological polar surface area (TPSA) is 57.5 Å². The van der Waals surface area contributed by atoms with Crippen molar-refractivity contribution in [2.45, 2.75) is 12.8 Å². The van der Waals surface area contributed by atoms with Crippen molar-refractivity contribution in [3.63, 3.8) is 0 Å². The van der Waals surface area contributed by atoms with Crippen molar-refractivity contribution in [1.29, 1.82) is 0 Å². The van der Waals surface area contributed by atoms with Crippen LogP contribution in [-0.2, 0) is 17.3 Å². The molecule has 0 bridgehead atoms. The average Bonchev–Trinajstić information content (AvgIpc) is 2.06. The molecule has 1 aromatic carbocycles. The summed E-state index contributed by atoms with van der Waals surface area (Å²) >= 11 is 3.30. The number of hydrogen-bond acceptors (Lipinski definition) is 2. The van der Waals surface area contributed by atoms with Gasteiger partial charge in [0.25, 0.3) is 0 Å². The zero-order chi connectivity index (χ0) is 10.8. The first-order valence-electron chi connectivity index (χ1n) is 4.10. The van der Waals surface area contributed by atoms with Gasteiger partial charge < -0.3 is 10.00 Å². The number of aliphatic hydroxyl groups excluding tert-OH is 1. The van der Waals surface area contributed by atoms with Crippen LogP contribution in [0.25, 0.3) is 0 Å². The predicted molar refractivity (Wildman–Crippen MR) is 59.5 cm³/mol. The summed E-state index contributed by atoms with van der Waals surface area (Å²) in [5, 5.41) is 8.90. The molecule has 0 radical (unpaired) electrons. The van der Waals surface area contributed by atoms with Crippen LogP contribution in [0.1, 0.15) is 11.1 Å². The SMILES string of the molecule is CP(=O)(O)Cc1cc(CO)ccc1Br. The lowest BCUT2D eigenvalue weighted by Gasteiger charge is -2.08. The molecular formula is C9H12BrO3P. The fourth-order valence-electron chi connectivity index (χ4n) is 1.16. The summed E-state index contributed by atoms with van der Waals surface area (Å²) in [4.78, 5) is 9.23. The molecule has 0 aliphatic rings. The lowest BCUT2D eigenvalue weighted by Crippen LogP contribution is -1.91. The Labute approximate surface area is 91.4 Å². The van der Waals surface area contributed by atoms with E-state index in [1.165, 1.54) is 6.66 Å². The highest BCUT2D eigenvalue weighted by Crippen LogP contribution is 2.41. The maximum absolute atomic E-state index is 11.2. The molecule has 0 aromatic heterocycles. The Morgan fingerprint density at radius 2 is 2.14 bits per heavy atom. The minimum absolute atomic E-state index is 0.0558. The van der Waals surface area contributed by atoms with Crippen molar-refractivity contribution >= 4 is 23.3 Å².